The van der Waals surface area contributed by atoms with Crippen molar-refractivity contribution in [2.24, 2.45) is 0 Å². The highest BCUT2D eigenvalue weighted by molar-refractivity contribution is 14.1. The van der Waals surface area contributed by atoms with Crippen LogP contribution >= 0.6 is 22.6 Å². The summed E-state index contributed by atoms with van der Waals surface area (Å²) in [7, 11) is 0. The van der Waals surface area contributed by atoms with Crippen molar-refractivity contribution >= 4 is 34.2 Å². The fourth-order valence-corrected chi connectivity index (χ4v) is 2.40. The molecular formula is C13H13F3INO3. The summed E-state index contributed by atoms with van der Waals surface area (Å²) in [4.78, 5) is 13.4. The largest absolute Gasteiger partial charge is 0.482 e. The molecule has 0 saturated carbocycles. The van der Waals surface area contributed by atoms with Gasteiger partial charge in [0.1, 0.15) is 12.4 Å². The number of carbonyl (C=O) groups is 1. The van der Waals surface area contributed by atoms with E-state index in [2.05, 4.69) is 27.3 Å². The number of rotatable bonds is 5. The maximum atomic E-state index is 11.9. The van der Waals surface area contributed by atoms with Gasteiger partial charge in [-0.1, -0.05) is 0 Å². The van der Waals surface area contributed by atoms with E-state index in [0.29, 0.717) is 24.4 Å². The number of carbonyl (C=O) groups excluding carboxylic acids is 1. The summed E-state index contributed by atoms with van der Waals surface area (Å²) in [5, 5.41) is 0. The first kappa shape index (κ1) is 16.3. The SMILES string of the molecule is O=C1COc2cc(I)ccc2N1CCCOCC(F)(F)F. The molecule has 0 aromatic heterocycles. The van der Waals surface area contributed by atoms with E-state index in [1.165, 1.54) is 4.90 Å². The van der Waals surface area contributed by atoms with Crippen LogP contribution in [0.15, 0.2) is 18.2 Å². The average molecular weight is 415 g/mol. The second-order valence-corrected chi connectivity index (χ2v) is 5.71. The van der Waals surface area contributed by atoms with E-state index < -0.39 is 12.8 Å². The predicted octanol–water partition coefficient (Wildman–Crippen LogP) is 2.99. The van der Waals surface area contributed by atoms with E-state index in [4.69, 9.17) is 4.74 Å². The second kappa shape index (κ2) is 6.82. The molecule has 4 nitrogen and oxygen atoms in total. The fraction of sp³-hybridized carbons (Fsp3) is 0.462. The molecule has 1 aliphatic heterocycles. The molecular weight excluding hydrogens is 402 g/mol. The van der Waals surface area contributed by atoms with Gasteiger partial charge < -0.3 is 14.4 Å². The molecule has 1 amide bonds. The molecule has 0 N–H and O–H groups in total. The average Bonchev–Trinajstić information content (AvgIpc) is 2.39. The Balaban J connectivity index is 1.90. The molecule has 0 bridgehead atoms. The van der Waals surface area contributed by atoms with E-state index >= 15 is 0 Å². The fourth-order valence-electron chi connectivity index (χ4n) is 1.94. The number of benzene rings is 1. The van der Waals surface area contributed by atoms with Gasteiger partial charge in [0.2, 0.25) is 0 Å². The van der Waals surface area contributed by atoms with Crippen molar-refractivity contribution in [3.8, 4) is 5.75 Å². The van der Waals surface area contributed by atoms with Crippen LogP contribution in [0.5, 0.6) is 5.75 Å². The monoisotopic (exact) mass is 415 g/mol. The molecule has 0 aliphatic carbocycles. The number of hydrogen-bond donors (Lipinski definition) is 0. The first-order valence-electron chi connectivity index (χ1n) is 6.24. The lowest BCUT2D eigenvalue weighted by atomic mass is 10.2. The smallest absolute Gasteiger partial charge is 0.411 e. The summed E-state index contributed by atoms with van der Waals surface area (Å²) in [5.74, 6) is 0.400. The van der Waals surface area contributed by atoms with Gasteiger partial charge in [-0.2, -0.15) is 13.2 Å². The highest BCUT2D eigenvalue weighted by Gasteiger charge is 2.28. The van der Waals surface area contributed by atoms with Crippen LogP contribution in [0.2, 0.25) is 0 Å². The van der Waals surface area contributed by atoms with Gasteiger partial charge >= 0.3 is 6.18 Å². The number of alkyl halides is 3. The van der Waals surface area contributed by atoms with Crippen LogP contribution in [-0.4, -0.2) is 38.4 Å². The number of halogens is 4. The van der Waals surface area contributed by atoms with Crippen molar-refractivity contribution in [2.75, 3.05) is 31.3 Å². The minimum Gasteiger partial charge on any atom is -0.482 e. The van der Waals surface area contributed by atoms with E-state index in [-0.39, 0.29) is 19.1 Å². The van der Waals surface area contributed by atoms with Gasteiger partial charge in [-0.25, -0.2) is 0 Å². The third-order valence-electron chi connectivity index (χ3n) is 2.80. The molecule has 0 radical (unpaired) electrons. The van der Waals surface area contributed by atoms with Crippen LogP contribution in [0.3, 0.4) is 0 Å². The highest BCUT2D eigenvalue weighted by Crippen LogP contribution is 2.33. The van der Waals surface area contributed by atoms with Gasteiger partial charge in [0.25, 0.3) is 5.91 Å². The summed E-state index contributed by atoms with van der Waals surface area (Å²) in [5.41, 5.74) is 0.641. The first-order chi connectivity index (χ1) is 9.87. The Hall–Kier alpha value is -1.03. The Morgan fingerprint density at radius 2 is 2.14 bits per heavy atom. The Morgan fingerprint density at radius 3 is 2.86 bits per heavy atom. The molecule has 0 saturated heterocycles. The zero-order valence-corrected chi connectivity index (χ0v) is 13.1. The Labute approximate surface area is 133 Å². The van der Waals surface area contributed by atoms with Crippen LogP contribution in [0.25, 0.3) is 0 Å². The predicted molar refractivity (Wildman–Crippen MR) is 78.5 cm³/mol. The molecule has 1 aromatic rings. The Kier molecular flexibility index (Phi) is 5.31. The summed E-state index contributed by atoms with van der Waals surface area (Å²) in [6, 6.07) is 5.43. The summed E-state index contributed by atoms with van der Waals surface area (Å²) in [6.07, 6.45) is -3.99. The van der Waals surface area contributed by atoms with Crippen molar-refractivity contribution in [3.63, 3.8) is 0 Å². The third-order valence-corrected chi connectivity index (χ3v) is 3.47. The number of anilines is 1. The zero-order chi connectivity index (χ0) is 15.5. The lowest BCUT2D eigenvalue weighted by Crippen LogP contribution is -2.39. The molecule has 116 valence electrons. The lowest BCUT2D eigenvalue weighted by molar-refractivity contribution is -0.173. The standard InChI is InChI=1S/C13H13F3INO3/c14-13(15,16)8-20-5-1-4-18-10-3-2-9(17)6-11(10)21-7-12(18)19/h2-3,6H,1,4-5,7-8H2. The van der Waals surface area contributed by atoms with Gasteiger partial charge in [-0.15, -0.1) is 0 Å². The highest BCUT2D eigenvalue weighted by atomic mass is 127. The Bertz CT molecular complexity index is 522. The molecule has 0 fully saturated rings. The molecule has 21 heavy (non-hydrogen) atoms. The molecule has 1 aromatic carbocycles. The molecule has 0 spiro atoms. The number of amides is 1. The lowest BCUT2D eigenvalue weighted by Gasteiger charge is -2.29. The first-order valence-corrected chi connectivity index (χ1v) is 7.32. The van der Waals surface area contributed by atoms with Crippen LogP contribution in [0, 0.1) is 3.57 Å². The van der Waals surface area contributed by atoms with E-state index in [1.807, 2.05) is 12.1 Å². The van der Waals surface area contributed by atoms with Gasteiger partial charge in [0, 0.05) is 16.7 Å². The number of ether oxygens (including phenoxy) is 2. The minimum absolute atomic E-state index is 0.0517. The van der Waals surface area contributed by atoms with Crippen molar-refractivity contribution in [3.05, 3.63) is 21.8 Å². The van der Waals surface area contributed by atoms with Gasteiger partial charge in [0.15, 0.2) is 6.61 Å². The maximum Gasteiger partial charge on any atom is 0.411 e. The number of nitrogens with zero attached hydrogens (tertiary/aromatic N) is 1. The van der Waals surface area contributed by atoms with Crippen LogP contribution in [-0.2, 0) is 9.53 Å². The quantitative estimate of drug-likeness (QED) is 0.549. The van der Waals surface area contributed by atoms with Crippen LogP contribution in [0.4, 0.5) is 18.9 Å². The van der Waals surface area contributed by atoms with Crippen molar-refractivity contribution in [2.45, 2.75) is 12.6 Å². The topological polar surface area (TPSA) is 38.8 Å². The van der Waals surface area contributed by atoms with Crippen molar-refractivity contribution in [1.82, 2.24) is 0 Å². The summed E-state index contributed by atoms with van der Waals surface area (Å²) < 4.78 is 46.6. The zero-order valence-electron chi connectivity index (χ0n) is 11.0. The second-order valence-electron chi connectivity index (χ2n) is 4.47. The molecule has 1 heterocycles. The summed E-state index contributed by atoms with van der Waals surface area (Å²) >= 11 is 2.14. The minimum atomic E-state index is -4.32. The molecule has 2 rings (SSSR count). The van der Waals surface area contributed by atoms with Gasteiger partial charge in [-0.3, -0.25) is 4.79 Å². The summed E-state index contributed by atoms with van der Waals surface area (Å²) in [6.45, 7) is -1.08. The molecule has 8 heteroatoms. The van der Waals surface area contributed by atoms with Gasteiger partial charge in [-0.05, 0) is 47.2 Å². The van der Waals surface area contributed by atoms with E-state index in [0.717, 1.165) is 3.57 Å². The van der Waals surface area contributed by atoms with Crippen molar-refractivity contribution < 1.29 is 27.4 Å². The number of fused-ring (bicyclic) bond motifs is 1. The molecule has 1 aliphatic rings. The van der Waals surface area contributed by atoms with Crippen molar-refractivity contribution in [1.29, 1.82) is 0 Å². The van der Waals surface area contributed by atoms with Crippen LogP contribution < -0.4 is 9.64 Å². The van der Waals surface area contributed by atoms with Gasteiger partial charge in [0.05, 0.1) is 5.69 Å². The Morgan fingerprint density at radius 1 is 1.38 bits per heavy atom. The maximum absolute atomic E-state index is 11.9. The third kappa shape index (κ3) is 4.73. The number of hydrogen-bond acceptors (Lipinski definition) is 3. The van der Waals surface area contributed by atoms with E-state index in [1.54, 1.807) is 6.07 Å². The molecule has 0 atom stereocenters. The molecule has 0 unspecified atom stereocenters. The van der Waals surface area contributed by atoms with E-state index in [9.17, 15) is 18.0 Å². The normalized spacial score (nSPS) is 14.9. The van der Waals surface area contributed by atoms with Crippen LogP contribution in [0.1, 0.15) is 6.42 Å².